The average Bonchev–Trinajstić information content (AvgIpc) is 2.67. The fraction of sp³-hybridized carbons (Fsp3) is 0.542. The van der Waals surface area contributed by atoms with E-state index in [1.807, 2.05) is 37.3 Å². The number of nitrogens with zero attached hydrogens (tertiary/aromatic N) is 2. The molecule has 152 valence electrons. The van der Waals surface area contributed by atoms with Gasteiger partial charge in [0.1, 0.15) is 0 Å². The second kappa shape index (κ2) is 6.82. The van der Waals surface area contributed by atoms with Crippen LogP contribution < -0.4 is 10.7 Å². The smallest absolute Gasteiger partial charge is 0.276 e. The third-order valence-corrected chi connectivity index (χ3v) is 7.68. The van der Waals surface area contributed by atoms with Gasteiger partial charge in [-0.05, 0) is 87.7 Å². The van der Waals surface area contributed by atoms with E-state index in [1.54, 1.807) is 4.68 Å². The Morgan fingerprint density at radius 3 is 2.28 bits per heavy atom. The van der Waals surface area contributed by atoms with E-state index < -0.39 is 0 Å². The van der Waals surface area contributed by atoms with Gasteiger partial charge >= 0.3 is 0 Å². The highest BCUT2D eigenvalue weighted by molar-refractivity contribution is 5.92. The van der Waals surface area contributed by atoms with E-state index in [9.17, 15) is 9.59 Å². The van der Waals surface area contributed by atoms with Gasteiger partial charge in [-0.3, -0.25) is 9.59 Å². The van der Waals surface area contributed by atoms with Gasteiger partial charge in [0, 0.05) is 17.8 Å². The zero-order valence-electron chi connectivity index (χ0n) is 17.2. The highest BCUT2D eigenvalue weighted by Gasteiger charge is 2.53. The second-order valence-electron chi connectivity index (χ2n) is 9.72. The summed E-state index contributed by atoms with van der Waals surface area (Å²) in [5.41, 5.74) is 1.43. The van der Waals surface area contributed by atoms with Crippen molar-refractivity contribution < 1.29 is 4.79 Å². The van der Waals surface area contributed by atoms with Gasteiger partial charge in [-0.1, -0.05) is 18.2 Å². The molecule has 0 spiro atoms. The molecule has 0 radical (unpaired) electrons. The monoisotopic (exact) mass is 391 g/mol. The van der Waals surface area contributed by atoms with Gasteiger partial charge in [0.25, 0.3) is 5.91 Å². The highest BCUT2D eigenvalue weighted by Crippen LogP contribution is 2.61. The lowest BCUT2D eigenvalue weighted by Gasteiger charge is -2.59. The number of aryl methyl sites for hydroxylation is 1. The molecule has 1 heterocycles. The molecule has 1 amide bonds. The first-order chi connectivity index (χ1) is 13.9. The van der Waals surface area contributed by atoms with Crippen LogP contribution in [0.25, 0.3) is 5.69 Å². The molecule has 4 bridgehead atoms. The number of benzene rings is 1. The van der Waals surface area contributed by atoms with Crippen molar-refractivity contribution in [3.05, 3.63) is 58.0 Å². The summed E-state index contributed by atoms with van der Waals surface area (Å²) in [7, 11) is 0. The summed E-state index contributed by atoms with van der Waals surface area (Å²) in [5.74, 6) is 2.14. The topological polar surface area (TPSA) is 64.0 Å². The molecule has 4 aliphatic carbocycles. The molecule has 29 heavy (non-hydrogen) atoms. The van der Waals surface area contributed by atoms with Crippen molar-refractivity contribution in [3.8, 4) is 5.69 Å². The molecule has 4 saturated carbocycles. The molecule has 5 nitrogen and oxygen atoms in total. The van der Waals surface area contributed by atoms with Crippen molar-refractivity contribution in [2.45, 2.75) is 58.4 Å². The first-order valence-electron chi connectivity index (χ1n) is 10.9. The number of carbonyl (C=O) groups is 1. The van der Waals surface area contributed by atoms with Crippen LogP contribution in [0, 0.1) is 30.1 Å². The van der Waals surface area contributed by atoms with Crippen LogP contribution >= 0.6 is 0 Å². The summed E-state index contributed by atoms with van der Waals surface area (Å²) in [6, 6.07) is 11.2. The van der Waals surface area contributed by atoms with Crippen LogP contribution in [0.15, 0.2) is 41.2 Å². The molecule has 1 aromatic carbocycles. The number of rotatable bonds is 4. The fourth-order valence-corrected chi connectivity index (χ4v) is 6.66. The van der Waals surface area contributed by atoms with Crippen molar-refractivity contribution >= 4 is 5.91 Å². The molecule has 6 rings (SSSR count). The molecule has 1 unspecified atom stereocenters. The number of hydrogen-bond donors (Lipinski definition) is 1. The Morgan fingerprint density at radius 2 is 1.69 bits per heavy atom. The lowest BCUT2D eigenvalue weighted by atomic mass is 9.48. The number of para-hydroxylation sites is 1. The van der Waals surface area contributed by atoms with Crippen molar-refractivity contribution in [2.24, 2.45) is 23.2 Å². The van der Waals surface area contributed by atoms with Crippen molar-refractivity contribution in [3.63, 3.8) is 0 Å². The molecule has 2 aromatic rings. The van der Waals surface area contributed by atoms with E-state index in [-0.39, 0.29) is 28.5 Å². The number of aromatic nitrogens is 2. The second-order valence-corrected chi connectivity index (χ2v) is 9.72. The van der Waals surface area contributed by atoms with E-state index in [1.165, 1.54) is 44.6 Å². The number of carbonyl (C=O) groups excluding carboxylic acids is 1. The van der Waals surface area contributed by atoms with Crippen LogP contribution in [0.1, 0.15) is 61.6 Å². The molecule has 1 aromatic heterocycles. The van der Waals surface area contributed by atoms with Crippen molar-refractivity contribution in [1.82, 2.24) is 15.1 Å². The third kappa shape index (κ3) is 3.21. The number of nitrogens with one attached hydrogen (secondary N) is 1. The average molecular weight is 392 g/mol. The Kier molecular flexibility index (Phi) is 4.37. The van der Waals surface area contributed by atoms with Crippen LogP contribution in [-0.2, 0) is 0 Å². The summed E-state index contributed by atoms with van der Waals surface area (Å²) >= 11 is 0. The molecule has 0 saturated heterocycles. The standard InChI is InChI=1S/C24H29N3O2/c1-15-8-21(28)22(26-27(15)20-6-4-3-5-7-20)23(29)25-16(2)24-12-17-9-18(13-24)11-19(10-17)14-24/h3-8,16-19H,9-14H2,1-2H3,(H,25,29). The minimum absolute atomic E-state index is 0.0176. The zero-order chi connectivity index (χ0) is 20.2. The highest BCUT2D eigenvalue weighted by atomic mass is 16.2. The molecule has 4 aliphatic rings. The largest absolute Gasteiger partial charge is 0.348 e. The van der Waals surface area contributed by atoms with Gasteiger partial charge in [-0.2, -0.15) is 5.10 Å². The molecule has 5 heteroatoms. The maximum absolute atomic E-state index is 13.1. The van der Waals surface area contributed by atoms with Gasteiger partial charge in [-0.15, -0.1) is 0 Å². The Morgan fingerprint density at radius 1 is 1.10 bits per heavy atom. The van der Waals surface area contributed by atoms with Gasteiger partial charge in [0.2, 0.25) is 5.43 Å². The summed E-state index contributed by atoms with van der Waals surface area (Å²) in [4.78, 5) is 25.6. The lowest BCUT2D eigenvalue weighted by Crippen LogP contribution is -2.56. The quantitative estimate of drug-likeness (QED) is 0.860. The number of amides is 1. The Balaban J connectivity index is 1.41. The fourth-order valence-electron chi connectivity index (χ4n) is 6.66. The summed E-state index contributed by atoms with van der Waals surface area (Å²) in [6.45, 7) is 3.97. The van der Waals surface area contributed by atoms with Gasteiger partial charge in [0.15, 0.2) is 5.69 Å². The van der Waals surface area contributed by atoms with Crippen LogP contribution in [-0.4, -0.2) is 21.7 Å². The maximum Gasteiger partial charge on any atom is 0.276 e. The van der Waals surface area contributed by atoms with E-state index in [2.05, 4.69) is 17.3 Å². The van der Waals surface area contributed by atoms with Crippen molar-refractivity contribution in [1.29, 1.82) is 0 Å². The van der Waals surface area contributed by atoms with Crippen LogP contribution in [0.2, 0.25) is 0 Å². The molecule has 4 fully saturated rings. The molecule has 0 aliphatic heterocycles. The third-order valence-electron chi connectivity index (χ3n) is 7.68. The van der Waals surface area contributed by atoms with Gasteiger partial charge in [-0.25, -0.2) is 4.68 Å². The lowest BCUT2D eigenvalue weighted by molar-refractivity contribution is -0.0688. The van der Waals surface area contributed by atoms with E-state index in [4.69, 9.17) is 0 Å². The van der Waals surface area contributed by atoms with Gasteiger partial charge in [0.05, 0.1) is 5.69 Å². The van der Waals surface area contributed by atoms with Gasteiger partial charge < -0.3 is 5.32 Å². The molecular formula is C24H29N3O2. The summed E-state index contributed by atoms with van der Waals surface area (Å²) in [6.07, 6.45) is 7.78. The van der Waals surface area contributed by atoms with E-state index in [0.717, 1.165) is 23.4 Å². The molecule has 1 N–H and O–H groups in total. The maximum atomic E-state index is 13.1. The normalized spacial score (nSPS) is 30.9. The minimum atomic E-state index is -0.345. The first kappa shape index (κ1) is 18.6. The molecular weight excluding hydrogens is 362 g/mol. The van der Waals surface area contributed by atoms with Crippen LogP contribution in [0.4, 0.5) is 0 Å². The van der Waals surface area contributed by atoms with Crippen LogP contribution in [0.5, 0.6) is 0 Å². The predicted octanol–water partition coefficient (Wildman–Crippen LogP) is 3.88. The predicted molar refractivity (Wildman–Crippen MR) is 112 cm³/mol. The summed E-state index contributed by atoms with van der Waals surface area (Å²) in [5, 5.41) is 7.61. The first-order valence-corrected chi connectivity index (χ1v) is 10.9. The number of hydrogen-bond acceptors (Lipinski definition) is 3. The Labute approximate surface area is 171 Å². The van der Waals surface area contributed by atoms with E-state index in [0.29, 0.717) is 5.69 Å². The zero-order valence-corrected chi connectivity index (χ0v) is 17.2. The van der Waals surface area contributed by atoms with E-state index >= 15 is 0 Å². The Bertz CT molecular complexity index is 960. The SMILES string of the molecule is Cc1cc(=O)c(C(=O)NC(C)C23CC4CC(CC(C4)C2)C3)nn1-c1ccccc1. The van der Waals surface area contributed by atoms with Crippen molar-refractivity contribution in [2.75, 3.05) is 0 Å². The summed E-state index contributed by atoms with van der Waals surface area (Å²) < 4.78 is 1.67. The molecule has 1 atom stereocenters. The minimum Gasteiger partial charge on any atom is -0.348 e. The Hall–Kier alpha value is -2.43. The van der Waals surface area contributed by atoms with Crippen LogP contribution in [0.3, 0.4) is 0 Å².